The third-order valence-electron chi connectivity index (χ3n) is 8.89. The number of rotatable bonds is 23. The van der Waals surface area contributed by atoms with Crippen LogP contribution in [0.5, 0.6) is 0 Å². The smallest absolute Gasteiger partial charge is 0.251 e. The topological polar surface area (TPSA) is 69.6 Å². The molecule has 3 aromatic rings. The van der Waals surface area contributed by atoms with E-state index >= 15 is 0 Å². The van der Waals surface area contributed by atoms with Crippen LogP contribution in [0.1, 0.15) is 120 Å². The molecule has 7 nitrogen and oxygen atoms in total. The van der Waals surface area contributed by atoms with E-state index in [9.17, 15) is 9.59 Å². The minimum atomic E-state index is -0.0382. The molecular weight excluding hydrogens is 558 g/mol. The Morgan fingerprint density at radius 1 is 0.556 bits per heavy atom. The number of benzene rings is 2. The Kier molecular flexibility index (Phi) is 16.5. The van der Waals surface area contributed by atoms with Gasteiger partial charge >= 0.3 is 0 Å². The molecule has 3 rings (SSSR count). The Morgan fingerprint density at radius 2 is 0.911 bits per heavy atom. The summed E-state index contributed by atoms with van der Waals surface area (Å²) in [5.74, 6) is -0.0763. The Hall–Kier alpha value is -2.90. The number of carbonyl (C=O) groups is 2. The lowest BCUT2D eigenvalue weighted by Crippen LogP contribution is -2.31. The molecule has 0 unspecified atom stereocenters. The van der Waals surface area contributed by atoms with Gasteiger partial charge in [-0.05, 0) is 121 Å². The van der Waals surface area contributed by atoms with Gasteiger partial charge in [0.2, 0.25) is 0 Å². The summed E-state index contributed by atoms with van der Waals surface area (Å²) in [6, 6.07) is 11.9. The van der Waals surface area contributed by atoms with E-state index in [1.165, 1.54) is 51.4 Å². The molecular formula is C38H61N5O2. The number of nitrogens with one attached hydrogen (secondary N) is 2. The average Bonchev–Trinajstić information content (AvgIpc) is 3.38. The summed E-state index contributed by atoms with van der Waals surface area (Å²) in [4.78, 5) is 31.4. The first-order valence-corrected chi connectivity index (χ1v) is 18.0. The van der Waals surface area contributed by atoms with Crippen LogP contribution in [0.25, 0.3) is 21.8 Å². The van der Waals surface area contributed by atoms with Gasteiger partial charge in [0.25, 0.3) is 11.8 Å². The second kappa shape index (κ2) is 20.3. The van der Waals surface area contributed by atoms with Crippen LogP contribution in [-0.4, -0.2) is 78.5 Å². The number of hydrogen-bond donors (Lipinski definition) is 2. The zero-order valence-electron chi connectivity index (χ0n) is 29.1. The van der Waals surface area contributed by atoms with Gasteiger partial charge in [-0.2, -0.15) is 0 Å². The lowest BCUT2D eigenvalue weighted by molar-refractivity contribution is 0.0943. The monoisotopic (exact) mass is 619 g/mol. The van der Waals surface area contributed by atoms with Gasteiger partial charge < -0.3 is 25.0 Å². The zero-order valence-corrected chi connectivity index (χ0v) is 29.1. The van der Waals surface area contributed by atoms with Crippen LogP contribution in [0.4, 0.5) is 0 Å². The molecule has 1 aromatic heterocycles. The molecule has 250 valence electrons. The van der Waals surface area contributed by atoms with E-state index in [1.807, 2.05) is 36.4 Å². The average molecular weight is 620 g/mol. The minimum Gasteiger partial charge on any atom is -0.352 e. The Labute approximate surface area is 273 Å². The van der Waals surface area contributed by atoms with Crippen molar-refractivity contribution in [3.05, 3.63) is 47.5 Å². The second-order valence-corrected chi connectivity index (χ2v) is 12.5. The Morgan fingerprint density at radius 3 is 1.24 bits per heavy atom. The molecule has 0 aliphatic carbocycles. The third kappa shape index (κ3) is 11.1. The van der Waals surface area contributed by atoms with Crippen LogP contribution in [0.15, 0.2) is 36.4 Å². The van der Waals surface area contributed by atoms with Crippen molar-refractivity contribution in [3.63, 3.8) is 0 Å². The summed E-state index contributed by atoms with van der Waals surface area (Å²) < 4.78 is 2.26. The standard InChI is InChI=1S/C38H61N5O2/c1-6-11-23-41(24-12-7-2)27-15-21-39-37(44)31-17-19-35-33(29-31)34-30-32(18-20-36(34)43(35)10-5)38(45)40-22-16-28-42(25-13-8-3)26-14-9-4/h17-20,29-30H,6-16,21-28H2,1-5H3,(H,39,44)(H,40,45). The first kappa shape index (κ1) is 36.6. The van der Waals surface area contributed by atoms with Crippen molar-refractivity contribution < 1.29 is 9.59 Å². The lowest BCUT2D eigenvalue weighted by Gasteiger charge is -2.21. The van der Waals surface area contributed by atoms with Crippen molar-refractivity contribution in [1.29, 1.82) is 0 Å². The molecule has 0 saturated carbocycles. The van der Waals surface area contributed by atoms with Crippen LogP contribution in [0.2, 0.25) is 0 Å². The highest BCUT2D eigenvalue weighted by molar-refractivity contribution is 6.12. The largest absolute Gasteiger partial charge is 0.352 e. The molecule has 2 amide bonds. The molecule has 1 heterocycles. The summed E-state index contributed by atoms with van der Waals surface area (Å²) in [6.45, 7) is 19.8. The first-order chi connectivity index (χ1) is 22.0. The highest BCUT2D eigenvalue weighted by atomic mass is 16.2. The van der Waals surface area contributed by atoms with Gasteiger partial charge in [-0.1, -0.05) is 53.4 Å². The first-order valence-electron chi connectivity index (χ1n) is 18.0. The van der Waals surface area contributed by atoms with Gasteiger partial charge in [0, 0.05) is 52.6 Å². The van der Waals surface area contributed by atoms with E-state index in [-0.39, 0.29) is 11.8 Å². The molecule has 0 fully saturated rings. The quantitative estimate of drug-likeness (QED) is 0.106. The molecule has 0 aliphatic rings. The highest BCUT2D eigenvalue weighted by Gasteiger charge is 2.16. The molecule has 2 aromatic carbocycles. The van der Waals surface area contributed by atoms with Crippen LogP contribution in [-0.2, 0) is 6.54 Å². The number of aromatic nitrogens is 1. The fourth-order valence-electron chi connectivity index (χ4n) is 6.14. The maximum absolute atomic E-state index is 13.2. The highest BCUT2D eigenvalue weighted by Crippen LogP contribution is 2.31. The van der Waals surface area contributed by atoms with Crippen molar-refractivity contribution in [2.75, 3.05) is 52.4 Å². The molecule has 0 spiro atoms. The minimum absolute atomic E-state index is 0.0382. The summed E-state index contributed by atoms with van der Waals surface area (Å²) in [5, 5.41) is 8.33. The number of hydrogen-bond acceptors (Lipinski definition) is 4. The second-order valence-electron chi connectivity index (χ2n) is 12.5. The predicted octanol–water partition coefficient (Wildman–Crippen LogP) is 7.86. The van der Waals surface area contributed by atoms with Crippen LogP contribution >= 0.6 is 0 Å². The number of amides is 2. The zero-order chi connectivity index (χ0) is 32.4. The number of nitrogens with zero attached hydrogens (tertiary/aromatic N) is 3. The van der Waals surface area contributed by atoms with Crippen molar-refractivity contribution >= 4 is 33.6 Å². The Balaban J connectivity index is 1.65. The van der Waals surface area contributed by atoms with Crippen molar-refractivity contribution in [2.45, 2.75) is 105 Å². The van der Waals surface area contributed by atoms with Gasteiger partial charge in [0.15, 0.2) is 0 Å². The van der Waals surface area contributed by atoms with Gasteiger partial charge in [0.05, 0.1) is 0 Å². The summed E-state index contributed by atoms with van der Waals surface area (Å²) >= 11 is 0. The number of carbonyl (C=O) groups excluding carboxylic acids is 2. The Bertz CT molecular complexity index is 1200. The molecule has 0 saturated heterocycles. The van der Waals surface area contributed by atoms with E-state index in [0.717, 1.165) is 80.5 Å². The van der Waals surface area contributed by atoms with E-state index in [0.29, 0.717) is 24.2 Å². The van der Waals surface area contributed by atoms with Crippen molar-refractivity contribution in [1.82, 2.24) is 25.0 Å². The number of unbranched alkanes of at least 4 members (excludes halogenated alkanes) is 4. The molecule has 7 heteroatoms. The fraction of sp³-hybridized carbons (Fsp3) is 0.632. The normalized spacial score (nSPS) is 11.7. The van der Waals surface area contributed by atoms with Crippen LogP contribution < -0.4 is 10.6 Å². The van der Waals surface area contributed by atoms with Crippen molar-refractivity contribution in [3.8, 4) is 0 Å². The molecule has 2 N–H and O–H groups in total. The number of fused-ring (bicyclic) bond motifs is 3. The molecule has 0 bridgehead atoms. The van der Waals surface area contributed by atoms with Crippen LogP contribution in [0.3, 0.4) is 0 Å². The van der Waals surface area contributed by atoms with Gasteiger partial charge in [0.1, 0.15) is 0 Å². The van der Waals surface area contributed by atoms with E-state index in [1.54, 1.807) is 0 Å². The van der Waals surface area contributed by atoms with Gasteiger partial charge in [-0.25, -0.2) is 0 Å². The van der Waals surface area contributed by atoms with Gasteiger partial charge in [-0.3, -0.25) is 9.59 Å². The van der Waals surface area contributed by atoms with Crippen molar-refractivity contribution in [2.24, 2.45) is 0 Å². The summed E-state index contributed by atoms with van der Waals surface area (Å²) in [6.07, 6.45) is 11.6. The third-order valence-corrected chi connectivity index (χ3v) is 8.89. The molecule has 0 atom stereocenters. The SMILES string of the molecule is CCCCN(CCCC)CCCNC(=O)c1ccc2c(c1)c1cc(C(=O)NCCCN(CCCC)CCCC)ccc1n2CC. The summed E-state index contributed by atoms with van der Waals surface area (Å²) in [5.41, 5.74) is 3.50. The maximum Gasteiger partial charge on any atom is 0.251 e. The molecule has 0 aliphatic heterocycles. The number of aryl methyl sites for hydroxylation is 1. The fourth-order valence-corrected chi connectivity index (χ4v) is 6.14. The summed E-state index contributed by atoms with van der Waals surface area (Å²) in [7, 11) is 0. The maximum atomic E-state index is 13.2. The van der Waals surface area contributed by atoms with Gasteiger partial charge in [-0.15, -0.1) is 0 Å². The lowest BCUT2D eigenvalue weighted by atomic mass is 10.1. The molecule has 45 heavy (non-hydrogen) atoms. The van der Waals surface area contributed by atoms with E-state index in [2.05, 4.69) is 59.6 Å². The predicted molar refractivity (Wildman–Crippen MR) is 192 cm³/mol. The van der Waals surface area contributed by atoms with E-state index in [4.69, 9.17) is 0 Å². The van der Waals surface area contributed by atoms with E-state index < -0.39 is 0 Å². The van der Waals surface area contributed by atoms with Crippen LogP contribution in [0, 0.1) is 0 Å². The molecule has 0 radical (unpaired) electrons.